The van der Waals surface area contributed by atoms with Gasteiger partial charge in [0.25, 0.3) is 5.91 Å². The number of carbonyl (C=O) groups is 2. The van der Waals surface area contributed by atoms with E-state index in [2.05, 4.69) is 19.9 Å². The molecule has 112 valence electrons. The predicted molar refractivity (Wildman–Crippen MR) is 74.3 cm³/mol. The van der Waals surface area contributed by atoms with Crippen molar-refractivity contribution in [2.75, 3.05) is 13.6 Å². The summed E-state index contributed by atoms with van der Waals surface area (Å²) in [5.41, 5.74) is 0.445. The van der Waals surface area contributed by atoms with Crippen LogP contribution in [0.15, 0.2) is 5.10 Å². The Labute approximate surface area is 122 Å². The number of rotatable bonds is 2. The molecule has 3 rings (SSSR count). The molecule has 21 heavy (non-hydrogen) atoms. The van der Waals surface area contributed by atoms with Crippen LogP contribution in [0, 0.1) is 0 Å². The number of aryl methyl sites for hydroxylation is 1. The molecule has 3 heterocycles. The third-order valence-electron chi connectivity index (χ3n) is 3.89. The van der Waals surface area contributed by atoms with E-state index in [1.54, 1.807) is 11.9 Å². The van der Waals surface area contributed by atoms with Crippen molar-refractivity contribution >= 4 is 17.5 Å². The van der Waals surface area contributed by atoms with E-state index in [1.807, 2.05) is 6.92 Å². The van der Waals surface area contributed by atoms with Crippen molar-refractivity contribution in [2.24, 2.45) is 5.10 Å². The lowest BCUT2D eigenvalue weighted by Gasteiger charge is -2.29. The zero-order valence-electron chi connectivity index (χ0n) is 12.2. The minimum Gasteiger partial charge on any atom is -0.328 e. The molecule has 0 bridgehead atoms. The molecule has 0 unspecified atom stereocenters. The first kappa shape index (κ1) is 13.7. The lowest BCUT2D eigenvalue weighted by molar-refractivity contribution is -0.131. The second kappa shape index (κ2) is 5.27. The Morgan fingerprint density at radius 3 is 2.76 bits per heavy atom. The zero-order chi connectivity index (χ0) is 15.0. The van der Waals surface area contributed by atoms with Crippen molar-refractivity contribution in [3.05, 3.63) is 11.6 Å². The number of hydrogen-bond acceptors (Lipinski definition) is 5. The topological polar surface area (TPSA) is 83.7 Å². The maximum Gasteiger partial charge on any atom is 0.270 e. The Morgan fingerprint density at radius 2 is 2.05 bits per heavy atom. The maximum absolute atomic E-state index is 12.5. The largest absolute Gasteiger partial charge is 0.328 e. The smallest absolute Gasteiger partial charge is 0.270 e. The molecular weight excluding hydrogens is 272 g/mol. The molecule has 8 heteroatoms. The van der Waals surface area contributed by atoms with Crippen LogP contribution >= 0.6 is 0 Å². The van der Waals surface area contributed by atoms with Crippen LogP contribution in [0.4, 0.5) is 0 Å². The van der Waals surface area contributed by atoms with Gasteiger partial charge in [0, 0.05) is 39.4 Å². The highest BCUT2D eigenvalue weighted by Crippen LogP contribution is 2.16. The SMILES string of the molecule is CCc1nnc2n1CCN(C(=O)C1=NN(C)C(=O)CC1)C2. The Balaban J connectivity index is 1.75. The molecule has 0 spiro atoms. The predicted octanol–water partition coefficient (Wildman–Crippen LogP) is -0.209. The van der Waals surface area contributed by atoms with Gasteiger partial charge in [-0.05, 0) is 0 Å². The number of fused-ring (bicyclic) bond motifs is 1. The normalized spacial score (nSPS) is 18.6. The average molecular weight is 290 g/mol. The standard InChI is InChI=1S/C13H18N6O2/c1-3-10-14-15-11-8-18(6-7-19(10)11)13(21)9-4-5-12(20)17(2)16-9/h3-8H2,1-2H3. The van der Waals surface area contributed by atoms with Crippen molar-refractivity contribution in [1.82, 2.24) is 24.7 Å². The molecule has 0 saturated heterocycles. The molecular formula is C13H18N6O2. The Kier molecular flexibility index (Phi) is 3.44. The molecule has 0 N–H and O–H groups in total. The summed E-state index contributed by atoms with van der Waals surface area (Å²) in [4.78, 5) is 25.6. The van der Waals surface area contributed by atoms with Crippen molar-refractivity contribution < 1.29 is 9.59 Å². The summed E-state index contributed by atoms with van der Waals surface area (Å²) < 4.78 is 2.07. The molecule has 0 fully saturated rings. The number of amides is 2. The molecule has 1 aromatic rings. The van der Waals surface area contributed by atoms with Crippen molar-refractivity contribution in [3.63, 3.8) is 0 Å². The third kappa shape index (κ3) is 2.41. The van der Waals surface area contributed by atoms with Crippen LogP contribution in [-0.2, 0) is 29.1 Å². The summed E-state index contributed by atoms with van der Waals surface area (Å²) in [5.74, 6) is 1.60. The van der Waals surface area contributed by atoms with E-state index in [0.717, 1.165) is 18.1 Å². The summed E-state index contributed by atoms with van der Waals surface area (Å²) in [6.07, 6.45) is 1.58. The van der Waals surface area contributed by atoms with Crippen molar-refractivity contribution in [1.29, 1.82) is 0 Å². The van der Waals surface area contributed by atoms with Gasteiger partial charge in [-0.25, -0.2) is 5.01 Å². The molecule has 0 saturated carbocycles. The van der Waals surface area contributed by atoms with Crippen LogP contribution in [0.5, 0.6) is 0 Å². The van der Waals surface area contributed by atoms with E-state index < -0.39 is 0 Å². The van der Waals surface area contributed by atoms with Gasteiger partial charge in [0.15, 0.2) is 5.82 Å². The minimum absolute atomic E-state index is 0.0578. The summed E-state index contributed by atoms with van der Waals surface area (Å²) >= 11 is 0. The number of nitrogens with zero attached hydrogens (tertiary/aromatic N) is 6. The minimum atomic E-state index is -0.110. The number of carbonyl (C=O) groups excluding carboxylic acids is 2. The quantitative estimate of drug-likeness (QED) is 0.754. The molecule has 8 nitrogen and oxygen atoms in total. The molecule has 2 aliphatic heterocycles. The van der Waals surface area contributed by atoms with E-state index in [1.165, 1.54) is 5.01 Å². The van der Waals surface area contributed by atoms with Crippen LogP contribution < -0.4 is 0 Å². The van der Waals surface area contributed by atoms with Crippen LogP contribution in [0.25, 0.3) is 0 Å². The third-order valence-corrected chi connectivity index (χ3v) is 3.89. The highest BCUT2D eigenvalue weighted by atomic mass is 16.2. The van der Waals surface area contributed by atoms with Crippen LogP contribution in [0.1, 0.15) is 31.4 Å². The Hall–Kier alpha value is -2.25. The average Bonchev–Trinajstić information content (AvgIpc) is 2.91. The fourth-order valence-electron chi connectivity index (χ4n) is 2.66. The molecule has 2 aliphatic rings. The number of hydrogen-bond donors (Lipinski definition) is 0. The van der Waals surface area contributed by atoms with E-state index in [-0.39, 0.29) is 11.8 Å². The second-order valence-electron chi connectivity index (χ2n) is 5.23. The Bertz CT molecular complexity index is 620. The van der Waals surface area contributed by atoms with Crippen molar-refractivity contribution in [2.45, 2.75) is 39.3 Å². The molecule has 2 amide bonds. The van der Waals surface area contributed by atoms with Gasteiger partial charge in [0.1, 0.15) is 11.5 Å². The van der Waals surface area contributed by atoms with Crippen molar-refractivity contribution in [3.8, 4) is 0 Å². The maximum atomic E-state index is 12.5. The van der Waals surface area contributed by atoms with Gasteiger partial charge in [0.05, 0.1) is 6.54 Å². The van der Waals surface area contributed by atoms with E-state index >= 15 is 0 Å². The first-order chi connectivity index (χ1) is 10.1. The molecule has 0 atom stereocenters. The Morgan fingerprint density at radius 1 is 1.24 bits per heavy atom. The highest BCUT2D eigenvalue weighted by molar-refractivity contribution is 6.39. The van der Waals surface area contributed by atoms with Crippen LogP contribution in [0.2, 0.25) is 0 Å². The first-order valence-electron chi connectivity index (χ1n) is 7.14. The number of aromatic nitrogens is 3. The van der Waals surface area contributed by atoms with Gasteiger partial charge in [-0.1, -0.05) is 6.92 Å². The first-order valence-corrected chi connectivity index (χ1v) is 7.14. The monoisotopic (exact) mass is 290 g/mol. The summed E-state index contributed by atoms with van der Waals surface area (Å²) in [5, 5.41) is 13.6. The van der Waals surface area contributed by atoms with Gasteiger partial charge >= 0.3 is 0 Å². The van der Waals surface area contributed by atoms with Gasteiger partial charge in [-0.15, -0.1) is 10.2 Å². The fraction of sp³-hybridized carbons (Fsp3) is 0.615. The van der Waals surface area contributed by atoms with Gasteiger partial charge < -0.3 is 9.47 Å². The van der Waals surface area contributed by atoms with Crippen LogP contribution in [0.3, 0.4) is 0 Å². The molecule has 0 aliphatic carbocycles. The lowest BCUT2D eigenvalue weighted by atomic mass is 10.1. The van der Waals surface area contributed by atoms with Gasteiger partial charge in [-0.2, -0.15) is 5.10 Å². The lowest BCUT2D eigenvalue weighted by Crippen LogP contribution is -2.44. The van der Waals surface area contributed by atoms with Gasteiger partial charge in [0.2, 0.25) is 5.91 Å². The molecule has 1 aromatic heterocycles. The number of hydrazone groups is 1. The zero-order valence-corrected chi connectivity index (χ0v) is 12.2. The second-order valence-corrected chi connectivity index (χ2v) is 5.23. The van der Waals surface area contributed by atoms with E-state index in [9.17, 15) is 9.59 Å². The molecule has 0 aromatic carbocycles. The van der Waals surface area contributed by atoms with Gasteiger partial charge in [-0.3, -0.25) is 9.59 Å². The van der Waals surface area contributed by atoms with E-state index in [0.29, 0.717) is 38.2 Å². The molecule has 0 radical (unpaired) electrons. The summed E-state index contributed by atoms with van der Waals surface area (Å²) in [6, 6.07) is 0. The fourth-order valence-corrected chi connectivity index (χ4v) is 2.66. The van der Waals surface area contributed by atoms with Crippen LogP contribution in [-0.4, -0.2) is 55.8 Å². The van der Waals surface area contributed by atoms with E-state index in [4.69, 9.17) is 0 Å². The highest BCUT2D eigenvalue weighted by Gasteiger charge is 2.29. The summed E-state index contributed by atoms with van der Waals surface area (Å²) in [7, 11) is 1.58. The summed E-state index contributed by atoms with van der Waals surface area (Å²) in [6.45, 7) is 3.81.